The van der Waals surface area contributed by atoms with E-state index in [1.165, 1.54) is 0 Å². The first-order chi connectivity index (χ1) is 6.71. The average molecular weight is 195 g/mol. The van der Waals surface area contributed by atoms with Crippen molar-refractivity contribution in [3.05, 3.63) is 35.9 Å². The van der Waals surface area contributed by atoms with Gasteiger partial charge in [-0.25, -0.2) is 4.84 Å². The molecule has 76 valence electrons. The summed E-state index contributed by atoms with van der Waals surface area (Å²) in [5.74, 6) is 0. The maximum atomic E-state index is 9.40. The highest BCUT2D eigenvalue weighted by Gasteiger charge is 2.39. The Bertz CT molecular complexity index is 303. The second-order valence-corrected chi connectivity index (χ2v) is 3.50. The molecule has 1 heterocycles. The van der Waals surface area contributed by atoms with Crippen LogP contribution in [0.2, 0.25) is 0 Å². The Morgan fingerprint density at radius 2 is 2.14 bits per heavy atom. The minimum atomic E-state index is -0.776. The van der Waals surface area contributed by atoms with Crippen LogP contribution < -0.4 is 0 Å². The molecule has 1 aliphatic rings. The van der Waals surface area contributed by atoms with E-state index in [4.69, 9.17) is 9.57 Å². The van der Waals surface area contributed by atoms with Crippen molar-refractivity contribution in [2.45, 2.75) is 19.1 Å². The van der Waals surface area contributed by atoms with Crippen LogP contribution in [0.5, 0.6) is 0 Å². The molecule has 0 aromatic heterocycles. The summed E-state index contributed by atoms with van der Waals surface area (Å²) in [4.78, 5) is 4.81. The summed E-state index contributed by atoms with van der Waals surface area (Å²) in [5.41, 5.74) is 0.320. The van der Waals surface area contributed by atoms with Crippen LogP contribution in [-0.4, -0.2) is 23.0 Å². The largest absolute Gasteiger partial charge is 0.328 e. The minimum Gasteiger partial charge on any atom is -0.328 e. The lowest BCUT2D eigenvalue weighted by molar-refractivity contribution is -0.357. The molecule has 0 saturated carbocycles. The highest BCUT2D eigenvalue weighted by atomic mass is 17.0. The van der Waals surface area contributed by atoms with Crippen LogP contribution in [0.25, 0.3) is 0 Å². The number of nitrogens with zero attached hydrogens (tertiary/aromatic N) is 1. The van der Waals surface area contributed by atoms with Crippen molar-refractivity contribution in [2.75, 3.05) is 6.79 Å². The van der Waals surface area contributed by atoms with Gasteiger partial charge in [-0.2, -0.15) is 0 Å². The molecule has 1 aliphatic heterocycles. The summed E-state index contributed by atoms with van der Waals surface area (Å²) in [6, 6.07) is 9.84. The Balaban J connectivity index is 2.10. The summed E-state index contributed by atoms with van der Waals surface area (Å²) in [7, 11) is 0. The van der Waals surface area contributed by atoms with Gasteiger partial charge in [-0.15, -0.1) is 0 Å². The van der Waals surface area contributed by atoms with E-state index in [0.717, 1.165) is 10.8 Å². The van der Waals surface area contributed by atoms with Crippen molar-refractivity contribution in [1.82, 2.24) is 5.23 Å². The molecule has 0 aliphatic carbocycles. The predicted molar refractivity (Wildman–Crippen MR) is 49.2 cm³/mol. The van der Waals surface area contributed by atoms with Crippen LogP contribution in [0.1, 0.15) is 12.5 Å². The van der Waals surface area contributed by atoms with E-state index in [9.17, 15) is 5.21 Å². The zero-order valence-corrected chi connectivity index (χ0v) is 8.01. The number of rotatable bonds is 2. The normalized spacial score (nSPS) is 28.1. The second kappa shape index (κ2) is 3.67. The monoisotopic (exact) mass is 195 g/mol. The third-order valence-corrected chi connectivity index (χ3v) is 2.32. The Kier molecular flexibility index (Phi) is 2.52. The van der Waals surface area contributed by atoms with Crippen LogP contribution in [0.3, 0.4) is 0 Å². The molecule has 1 saturated heterocycles. The second-order valence-electron chi connectivity index (χ2n) is 3.50. The van der Waals surface area contributed by atoms with Gasteiger partial charge in [0.1, 0.15) is 0 Å². The lowest BCUT2D eigenvalue weighted by Crippen LogP contribution is -2.41. The highest BCUT2D eigenvalue weighted by Crippen LogP contribution is 2.25. The van der Waals surface area contributed by atoms with Gasteiger partial charge in [0.25, 0.3) is 0 Å². The van der Waals surface area contributed by atoms with Crippen molar-refractivity contribution in [3.63, 3.8) is 0 Å². The van der Waals surface area contributed by atoms with Crippen LogP contribution in [-0.2, 0) is 16.0 Å². The number of benzene rings is 1. The topological polar surface area (TPSA) is 41.9 Å². The molecule has 1 unspecified atom stereocenters. The zero-order valence-electron chi connectivity index (χ0n) is 8.01. The van der Waals surface area contributed by atoms with Gasteiger partial charge < -0.3 is 4.74 Å². The third kappa shape index (κ3) is 1.78. The Hall–Kier alpha value is -0.940. The van der Waals surface area contributed by atoms with Crippen LogP contribution in [0, 0.1) is 0 Å². The number of hydrogen-bond donors (Lipinski definition) is 1. The van der Waals surface area contributed by atoms with Crippen LogP contribution in [0.4, 0.5) is 0 Å². The van der Waals surface area contributed by atoms with E-state index < -0.39 is 5.72 Å². The van der Waals surface area contributed by atoms with Crippen molar-refractivity contribution < 1.29 is 14.8 Å². The van der Waals surface area contributed by atoms with E-state index in [-0.39, 0.29) is 6.79 Å². The molecule has 1 aromatic rings. The molecule has 0 spiro atoms. The number of hydroxylamine groups is 2. The molecule has 2 rings (SSSR count). The van der Waals surface area contributed by atoms with Gasteiger partial charge in [0.15, 0.2) is 12.5 Å². The first-order valence-electron chi connectivity index (χ1n) is 4.51. The molecule has 0 bridgehead atoms. The van der Waals surface area contributed by atoms with E-state index in [0.29, 0.717) is 6.42 Å². The molecule has 0 amide bonds. The van der Waals surface area contributed by atoms with Gasteiger partial charge in [-0.05, 0) is 17.7 Å². The molecular formula is C10H13NO3. The van der Waals surface area contributed by atoms with Gasteiger partial charge in [-0.3, -0.25) is 5.21 Å². The SMILES string of the molecule is CC1(Cc2ccccc2)OCON1O. The third-order valence-electron chi connectivity index (χ3n) is 2.32. The summed E-state index contributed by atoms with van der Waals surface area (Å²) in [6.45, 7) is 1.88. The fraction of sp³-hybridized carbons (Fsp3) is 0.400. The van der Waals surface area contributed by atoms with E-state index >= 15 is 0 Å². The summed E-state index contributed by atoms with van der Waals surface area (Å²) >= 11 is 0. The molecule has 1 aromatic carbocycles. The molecule has 14 heavy (non-hydrogen) atoms. The molecule has 1 N–H and O–H groups in total. The van der Waals surface area contributed by atoms with Crippen molar-refractivity contribution in [1.29, 1.82) is 0 Å². The van der Waals surface area contributed by atoms with E-state index in [1.54, 1.807) is 6.92 Å². The average Bonchev–Trinajstić information content (AvgIpc) is 2.48. The van der Waals surface area contributed by atoms with E-state index in [2.05, 4.69) is 0 Å². The molecule has 1 fully saturated rings. The lowest BCUT2D eigenvalue weighted by atomic mass is 10.0. The van der Waals surface area contributed by atoms with Gasteiger partial charge in [0.2, 0.25) is 0 Å². The smallest absolute Gasteiger partial charge is 0.174 e. The number of ether oxygens (including phenoxy) is 1. The Morgan fingerprint density at radius 3 is 2.71 bits per heavy atom. The van der Waals surface area contributed by atoms with Crippen molar-refractivity contribution in [2.24, 2.45) is 0 Å². The molecule has 0 radical (unpaired) electrons. The molecule has 4 nitrogen and oxygen atoms in total. The first-order valence-corrected chi connectivity index (χ1v) is 4.51. The molecule has 1 atom stereocenters. The predicted octanol–water partition coefficient (Wildman–Crippen LogP) is 1.56. The Morgan fingerprint density at radius 1 is 1.43 bits per heavy atom. The van der Waals surface area contributed by atoms with Gasteiger partial charge in [0, 0.05) is 6.42 Å². The summed E-state index contributed by atoms with van der Waals surface area (Å²) in [6.07, 6.45) is 0.588. The highest BCUT2D eigenvalue weighted by molar-refractivity contribution is 5.16. The van der Waals surface area contributed by atoms with Crippen LogP contribution in [0.15, 0.2) is 30.3 Å². The summed E-state index contributed by atoms with van der Waals surface area (Å²) < 4.78 is 5.31. The molecule has 4 heteroatoms. The van der Waals surface area contributed by atoms with Gasteiger partial charge >= 0.3 is 0 Å². The molecular weight excluding hydrogens is 182 g/mol. The van der Waals surface area contributed by atoms with Gasteiger partial charge in [0.05, 0.1) is 0 Å². The van der Waals surface area contributed by atoms with Crippen LogP contribution >= 0.6 is 0 Å². The maximum absolute atomic E-state index is 9.40. The quantitative estimate of drug-likeness (QED) is 0.777. The van der Waals surface area contributed by atoms with Crippen molar-refractivity contribution >= 4 is 0 Å². The van der Waals surface area contributed by atoms with Gasteiger partial charge in [-0.1, -0.05) is 30.3 Å². The van der Waals surface area contributed by atoms with Crippen molar-refractivity contribution in [3.8, 4) is 0 Å². The standard InChI is InChI=1S/C10H13NO3/c1-10(11(12)14-8-13-10)7-9-5-3-2-4-6-9/h2-6,12H,7-8H2,1H3. The van der Waals surface area contributed by atoms with E-state index in [1.807, 2.05) is 30.3 Å². The summed E-state index contributed by atoms with van der Waals surface area (Å²) in [5, 5.41) is 10.2. The maximum Gasteiger partial charge on any atom is 0.174 e. The minimum absolute atomic E-state index is 0.0971. The fourth-order valence-corrected chi connectivity index (χ4v) is 1.49. The lowest BCUT2D eigenvalue weighted by Gasteiger charge is -2.25. The fourth-order valence-electron chi connectivity index (χ4n) is 1.49. The number of hydrogen-bond acceptors (Lipinski definition) is 4. The zero-order chi connectivity index (χ0) is 10.0. The first kappa shape index (κ1) is 9.61. The Labute approximate surface area is 82.6 Å².